The number of fused-ring (bicyclic) bond motifs is 1. The topological polar surface area (TPSA) is 96.0 Å². The van der Waals surface area contributed by atoms with E-state index in [1.54, 1.807) is 18.5 Å². The van der Waals surface area contributed by atoms with Gasteiger partial charge in [0.15, 0.2) is 0 Å². The van der Waals surface area contributed by atoms with Gasteiger partial charge in [0.2, 0.25) is 5.91 Å². The van der Waals surface area contributed by atoms with E-state index >= 15 is 0 Å². The third-order valence-corrected chi connectivity index (χ3v) is 6.18. The summed E-state index contributed by atoms with van der Waals surface area (Å²) in [5, 5.41) is 5.24. The highest BCUT2D eigenvalue weighted by Crippen LogP contribution is 2.25. The Hall–Kier alpha value is -3.60. The average Bonchev–Trinajstić information content (AvgIpc) is 3.50. The van der Waals surface area contributed by atoms with Gasteiger partial charge in [0.1, 0.15) is 18.4 Å². The molecule has 2 aliphatic heterocycles. The smallest absolute Gasteiger partial charge is 0.347 e. The minimum Gasteiger partial charge on any atom is -0.347 e. The Bertz CT molecular complexity index is 1290. The van der Waals surface area contributed by atoms with E-state index in [1.807, 2.05) is 34.3 Å². The zero-order valence-electron chi connectivity index (χ0n) is 18.8. The van der Waals surface area contributed by atoms with Crippen LogP contribution in [0.25, 0.3) is 16.9 Å². The molecule has 1 fully saturated rings. The molecule has 8 nitrogen and oxygen atoms in total. The maximum absolute atomic E-state index is 12.3. The highest BCUT2D eigenvalue weighted by molar-refractivity contribution is 6.39. The average molecular weight is 483 g/mol. The van der Waals surface area contributed by atoms with Gasteiger partial charge < -0.3 is 10.6 Å². The molecular formula is C24H24F3N7O. The number of amides is 1. The van der Waals surface area contributed by atoms with Crippen LogP contribution < -0.4 is 10.6 Å². The molecule has 0 aliphatic carbocycles. The first-order chi connectivity index (χ1) is 16.9. The van der Waals surface area contributed by atoms with Crippen molar-refractivity contribution in [3.05, 3.63) is 54.1 Å². The Morgan fingerprint density at radius 2 is 1.97 bits per heavy atom. The first kappa shape index (κ1) is 23.2. The molecule has 35 heavy (non-hydrogen) atoms. The van der Waals surface area contributed by atoms with Crippen molar-refractivity contribution in [1.82, 2.24) is 25.0 Å². The van der Waals surface area contributed by atoms with Gasteiger partial charge in [0.05, 0.1) is 24.0 Å². The number of nitrogens with one attached hydrogen (secondary N) is 2. The fourth-order valence-electron chi connectivity index (χ4n) is 4.40. The number of imidazole rings is 1. The molecule has 2 N–H and O–H groups in total. The molecule has 3 aromatic heterocycles. The van der Waals surface area contributed by atoms with E-state index in [2.05, 4.69) is 20.3 Å². The zero-order chi connectivity index (χ0) is 24.4. The Balaban J connectivity index is 1.32. The number of nitrogens with zero attached hydrogens (tertiary/aromatic N) is 5. The summed E-state index contributed by atoms with van der Waals surface area (Å²) in [7, 11) is 0. The number of halogens is 3. The Morgan fingerprint density at radius 3 is 2.77 bits per heavy atom. The van der Waals surface area contributed by atoms with Gasteiger partial charge in [-0.1, -0.05) is 0 Å². The number of hydrogen-bond acceptors (Lipinski definition) is 6. The van der Waals surface area contributed by atoms with Crippen LogP contribution in [-0.2, 0) is 11.2 Å². The molecule has 3 aromatic rings. The molecule has 0 spiro atoms. The quantitative estimate of drug-likeness (QED) is 0.564. The third-order valence-electron chi connectivity index (χ3n) is 6.18. The van der Waals surface area contributed by atoms with Gasteiger partial charge in [-0.25, -0.2) is 4.98 Å². The van der Waals surface area contributed by atoms with E-state index in [4.69, 9.17) is 4.99 Å². The predicted molar refractivity (Wildman–Crippen MR) is 126 cm³/mol. The minimum absolute atomic E-state index is 0.0271. The van der Waals surface area contributed by atoms with Crippen molar-refractivity contribution in [2.45, 2.75) is 31.6 Å². The normalized spacial score (nSPS) is 18.7. The second kappa shape index (κ2) is 9.57. The third kappa shape index (κ3) is 5.40. The monoisotopic (exact) mass is 483 g/mol. The number of hydrogen-bond donors (Lipinski definition) is 2. The molecule has 1 amide bonds. The molecule has 1 unspecified atom stereocenters. The molecule has 5 heterocycles. The van der Waals surface area contributed by atoms with Gasteiger partial charge in [-0.3, -0.25) is 24.2 Å². The zero-order valence-corrected chi connectivity index (χ0v) is 18.8. The summed E-state index contributed by atoms with van der Waals surface area (Å²) in [5.41, 5.74) is 4.46. The van der Waals surface area contributed by atoms with E-state index in [0.29, 0.717) is 22.7 Å². The van der Waals surface area contributed by atoms with Crippen LogP contribution in [0.5, 0.6) is 0 Å². The highest BCUT2D eigenvalue weighted by atomic mass is 19.4. The van der Waals surface area contributed by atoms with Crippen molar-refractivity contribution in [3.8, 4) is 11.3 Å². The van der Waals surface area contributed by atoms with Gasteiger partial charge in [-0.15, -0.1) is 0 Å². The SMILES string of the molecule is O=C(Cc1cncc(-c2cnc3cc(C4=NC(C5CCNCC5)N=C4)ccn23)c1)NCC(F)(F)F. The lowest BCUT2D eigenvalue weighted by Crippen LogP contribution is -2.34. The van der Waals surface area contributed by atoms with Gasteiger partial charge in [0.25, 0.3) is 0 Å². The fraction of sp³-hybridized carbons (Fsp3) is 0.375. The Labute approximate surface area is 199 Å². The van der Waals surface area contributed by atoms with Gasteiger partial charge in [-0.05, 0) is 49.7 Å². The van der Waals surface area contributed by atoms with Crippen molar-refractivity contribution in [2.24, 2.45) is 15.9 Å². The summed E-state index contributed by atoms with van der Waals surface area (Å²) >= 11 is 0. The van der Waals surface area contributed by atoms with Crippen molar-refractivity contribution < 1.29 is 18.0 Å². The molecule has 0 saturated carbocycles. The van der Waals surface area contributed by atoms with Crippen molar-refractivity contribution in [3.63, 3.8) is 0 Å². The molecule has 2 aliphatic rings. The van der Waals surface area contributed by atoms with Crippen LogP contribution in [0.4, 0.5) is 13.2 Å². The Morgan fingerprint density at radius 1 is 1.14 bits per heavy atom. The lowest BCUT2D eigenvalue weighted by atomic mass is 9.95. The summed E-state index contributed by atoms with van der Waals surface area (Å²) in [6, 6.07) is 5.63. The molecule has 11 heteroatoms. The van der Waals surface area contributed by atoms with Crippen molar-refractivity contribution in [1.29, 1.82) is 0 Å². The molecular weight excluding hydrogens is 459 g/mol. The summed E-state index contributed by atoms with van der Waals surface area (Å²) in [5.74, 6) is -0.257. The summed E-state index contributed by atoms with van der Waals surface area (Å²) < 4.78 is 38.9. The predicted octanol–water partition coefficient (Wildman–Crippen LogP) is 2.82. The second-order valence-corrected chi connectivity index (χ2v) is 8.73. The highest BCUT2D eigenvalue weighted by Gasteiger charge is 2.28. The van der Waals surface area contributed by atoms with E-state index in [9.17, 15) is 18.0 Å². The maximum Gasteiger partial charge on any atom is 0.405 e. The molecule has 0 aromatic carbocycles. The molecule has 0 bridgehead atoms. The first-order valence-electron chi connectivity index (χ1n) is 11.4. The fourth-order valence-corrected chi connectivity index (χ4v) is 4.40. The number of piperidine rings is 1. The van der Waals surface area contributed by atoms with Crippen LogP contribution in [0, 0.1) is 5.92 Å². The molecule has 5 rings (SSSR count). The van der Waals surface area contributed by atoms with Crippen LogP contribution in [0.3, 0.4) is 0 Å². The molecule has 182 valence electrons. The van der Waals surface area contributed by atoms with Crippen LogP contribution in [0.15, 0.2) is 53.0 Å². The number of aromatic nitrogens is 3. The summed E-state index contributed by atoms with van der Waals surface area (Å²) in [4.78, 5) is 30.0. The summed E-state index contributed by atoms with van der Waals surface area (Å²) in [6.07, 6.45) is 5.98. The van der Waals surface area contributed by atoms with E-state index in [1.165, 1.54) is 6.20 Å². The number of aliphatic imine (C=N–C) groups is 2. The molecule has 1 saturated heterocycles. The van der Waals surface area contributed by atoms with Gasteiger partial charge in [0, 0.05) is 41.8 Å². The van der Waals surface area contributed by atoms with E-state index in [0.717, 1.165) is 42.9 Å². The number of alkyl halides is 3. The number of pyridine rings is 2. The van der Waals surface area contributed by atoms with E-state index in [-0.39, 0.29) is 12.6 Å². The maximum atomic E-state index is 12.3. The van der Waals surface area contributed by atoms with Crippen molar-refractivity contribution >= 4 is 23.5 Å². The Kier molecular flexibility index (Phi) is 6.33. The standard InChI is InChI=1S/C24H24F3N7O/c25-24(26,27)14-32-22(35)8-15-7-18(11-29-10-15)20-13-30-21-9-17(3-6-34(20)21)19-12-31-23(33-19)16-1-4-28-5-2-16/h3,6-7,9-13,16,23,28H,1-2,4-5,8,14H2,(H,32,35). The summed E-state index contributed by atoms with van der Waals surface area (Å²) in [6.45, 7) is 0.639. The lowest BCUT2D eigenvalue weighted by Gasteiger charge is -2.24. The lowest BCUT2D eigenvalue weighted by molar-refractivity contribution is -0.138. The first-order valence-corrected chi connectivity index (χ1v) is 11.4. The van der Waals surface area contributed by atoms with Crippen LogP contribution in [0.1, 0.15) is 24.0 Å². The van der Waals surface area contributed by atoms with Crippen LogP contribution in [-0.4, -0.2) is 64.2 Å². The van der Waals surface area contributed by atoms with E-state index < -0.39 is 18.6 Å². The molecule has 0 radical (unpaired) electrons. The number of rotatable bonds is 6. The van der Waals surface area contributed by atoms with Crippen molar-refractivity contribution in [2.75, 3.05) is 19.6 Å². The molecule has 1 atom stereocenters. The van der Waals surface area contributed by atoms with Crippen LogP contribution in [0.2, 0.25) is 0 Å². The number of carbonyl (C=O) groups excluding carboxylic acids is 1. The van der Waals surface area contributed by atoms with Gasteiger partial charge in [-0.2, -0.15) is 13.2 Å². The van der Waals surface area contributed by atoms with Gasteiger partial charge >= 0.3 is 6.18 Å². The number of carbonyl (C=O) groups is 1. The minimum atomic E-state index is -4.45. The largest absolute Gasteiger partial charge is 0.405 e. The second-order valence-electron chi connectivity index (χ2n) is 8.73. The van der Waals surface area contributed by atoms with Crippen LogP contribution >= 0.6 is 0 Å².